The largest absolute Gasteiger partial charge is 0.474 e. The molecule has 0 radical (unpaired) electrons. The lowest BCUT2D eigenvalue weighted by Gasteiger charge is -2.39. The highest BCUT2D eigenvalue weighted by Crippen LogP contribution is 2.46. The Balaban J connectivity index is 2.19. The monoisotopic (exact) mass is 540 g/mol. The lowest BCUT2D eigenvalue weighted by Crippen LogP contribution is -2.58. The zero-order valence-corrected chi connectivity index (χ0v) is 23.9. The summed E-state index contributed by atoms with van der Waals surface area (Å²) in [6.07, 6.45) is 3.73. The number of hydrogen-bond acceptors (Lipinski definition) is 8. The molecule has 4 unspecified atom stereocenters. The van der Waals surface area contributed by atoms with Gasteiger partial charge in [0, 0.05) is 0 Å². The topological polar surface area (TPSA) is 146 Å². The van der Waals surface area contributed by atoms with Crippen molar-refractivity contribution in [2.75, 3.05) is 13.2 Å². The Labute approximate surface area is 218 Å². The van der Waals surface area contributed by atoms with Gasteiger partial charge < -0.3 is 30.1 Å². The Bertz CT molecular complexity index is 618. The Hall–Kier alpha value is -0.0900. The molecule has 216 valence electrons. The Morgan fingerprint density at radius 1 is 0.750 bits per heavy atom. The smallest absolute Gasteiger partial charge is 0.394 e. The zero-order chi connectivity index (χ0) is 27.3. The van der Waals surface area contributed by atoms with Crippen LogP contribution in [0.1, 0.15) is 98.8 Å². The van der Waals surface area contributed by atoms with Crippen LogP contribution in [0.4, 0.5) is 0 Å². The van der Waals surface area contributed by atoms with E-state index >= 15 is 0 Å². The van der Waals surface area contributed by atoms with Gasteiger partial charge in [-0.2, -0.15) is 0 Å². The van der Waals surface area contributed by atoms with E-state index in [9.17, 15) is 29.9 Å². The molecule has 1 aliphatic heterocycles. The van der Waals surface area contributed by atoms with E-state index in [2.05, 4.69) is 34.6 Å². The van der Waals surface area contributed by atoms with Gasteiger partial charge in [-0.05, 0) is 30.1 Å². The first kappa shape index (κ1) is 33.9. The summed E-state index contributed by atoms with van der Waals surface area (Å²) in [4.78, 5) is 9.96. The maximum atomic E-state index is 12.2. The van der Waals surface area contributed by atoms with Crippen molar-refractivity contribution in [3.8, 4) is 0 Å². The summed E-state index contributed by atoms with van der Waals surface area (Å²) >= 11 is 0. The molecule has 0 aromatic rings. The normalized spacial score (nSPS) is 29.1. The first-order valence-electron chi connectivity index (χ1n) is 13.8. The van der Waals surface area contributed by atoms with E-state index < -0.39 is 45.1 Å². The van der Waals surface area contributed by atoms with E-state index in [0.29, 0.717) is 18.3 Å². The van der Waals surface area contributed by atoms with Crippen molar-refractivity contribution in [1.29, 1.82) is 0 Å². The number of aliphatic hydroxyl groups excluding tert-OH is 4. The lowest BCUT2D eigenvalue weighted by molar-refractivity contribution is -0.281. The van der Waals surface area contributed by atoms with Crippen molar-refractivity contribution in [2.45, 2.75) is 130 Å². The molecular weight excluding hydrogens is 487 g/mol. The molecule has 0 bridgehead atoms. The molecule has 0 amide bonds. The van der Waals surface area contributed by atoms with E-state index in [-0.39, 0.29) is 6.61 Å². The summed E-state index contributed by atoms with van der Waals surface area (Å²) in [6.45, 7) is 10.7. The molecule has 1 aliphatic rings. The van der Waals surface area contributed by atoms with Gasteiger partial charge in [-0.3, -0.25) is 9.05 Å². The number of ether oxygens (including phenoxy) is 1. The Kier molecular flexibility index (Phi) is 16.5. The number of aliphatic hydroxyl groups is 4. The van der Waals surface area contributed by atoms with Gasteiger partial charge in [0.25, 0.3) is 0 Å². The average Bonchev–Trinajstić information content (AvgIpc) is 2.79. The SMILES string of the molecule is CC(C)CCCC(C)CCCC(C)CCCC(C)CCOP(=O)(O)O[C@@H]1O[C@H](CO)[C@@H](O)[C@H](O)[C@@H]1O. The van der Waals surface area contributed by atoms with Crippen molar-refractivity contribution in [1.82, 2.24) is 0 Å². The van der Waals surface area contributed by atoms with Crippen LogP contribution in [-0.2, 0) is 18.3 Å². The summed E-state index contributed by atoms with van der Waals surface area (Å²) in [5, 5.41) is 38.7. The van der Waals surface area contributed by atoms with Crippen LogP contribution in [0.5, 0.6) is 0 Å². The fourth-order valence-corrected chi connectivity index (χ4v) is 5.46. The van der Waals surface area contributed by atoms with Crippen LogP contribution in [0.15, 0.2) is 0 Å². The minimum atomic E-state index is -4.57. The van der Waals surface area contributed by atoms with Gasteiger partial charge in [-0.1, -0.05) is 92.4 Å². The number of phosphoric ester groups is 1. The second-order valence-electron chi connectivity index (χ2n) is 11.4. The molecular formula is C26H53O9P. The molecule has 1 rings (SSSR count). The minimum absolute atomic E-state index is 0.00336. The maximum Gasteiger partial charge on any atom is 0.474 e. The molecule has 36 heavy (non-hydrogen) atoms. The third-order valence-corrected chi connectivity index (χ3v) is 8.20. The standard InChI is InChI=1S/C26H53O9P/c1-18(2)9-6-10-19(3)11-7-12-20(4)13-8-14-21(5)15-16-33-36(31,32)35-26-25(30)24(29)23(28)22(17-27)34-26/h18-30H,6-17H2,1-5H3,(H,31,32)/t19?,20?,21?,22-,23-,24+,25+,26+/m1/s1. The van der Waals surface area contributed by atoms with Crippen LogP contribution in [0.3, 0.4) is 0 Å². The van der Waals surface area contributed by atoms with Crippen molar-refractivity contribution in [3.63, 3.8) is 0 Å². The van der Waals surface area contributed by atoms with Gasteiger partial charge in [0.05, 0.1) is 13.2 Å². The second kappa shape index (κ2) is 17.5. The molecule has 0 spiro atoms. The van der Waals surface area contributed by atoms with Gasteiger partial charge in [0.1, 0.15) is 24.4 Å². The number of hydrogen-bond donors (Lipinski definition) is 5. The summed E-state index contributed by atoms with van der Waals surface area (Å²) in [7, 11) is -4.57. The summed E-state index contributed by atoms with van der Waals surface area (Å²) in [5.41, 5.74) is 0. The van der Waals surface area contributed by atoms with Gasteiger partial charge in [0.15, 0.2) is 6.29 Å². The van der Waals surface area contributed by atoms with Gasteiger partial charge in [-0.25, -0.2) is 4.57 Å². The molecule has 0 aliphatic carbocycles. The maximum absolute atomic E-state index is 12.2. The van der Waals surface area contributed by atoms with E-state index in [1.165, 1.54) is 44.9 Å². The molecule has 0 saturated carbocycles. The van der Waals surface area contributed by atoms with Crippen LogP contribution in [0, 0.1) is 23.7 Å². The average molecular weight is 541 g/mol. The predicted octanol–water partition coefficient (Wildman–Crippen LogP) is 4.39. The summed E-state index contributed by atoms with van der Waals surface area (Å²) < 4.78 is 27.2. The molecule has 1 heterocycles. The van der Waals surface area contributed by atoms with Crippen molar-refractivity contribution < 1.29 is 43.7 Å². The molecule has 0 aromatic heterocycles. The predicted molar refractivity (Wildman–Crippen MR) is 139 cm³/mol. The van der Waals surface area contributed by atoms with Crippen molar-refractivity contribution >= 4 is 7.82 Å². The Morgan fingerprint density at radius 2 is 1.22 bits per heavy atom. The van der Waals surface area contributed by atoms with E-state index in [0.717, 1.165) is 24.7 Å². The summed E-state index contributed by atoms with van der Waals surface area (Å²) in [5.74, 6) is 2.61. The van der Waals surface area contributed by atoms with E-state index in [1.54, 1.807) is 0 Å². The van der Waals surface area contributed by atoms with Gasteiger partial charge in [0.2, 0.25) is 0 Å². The van der Waals surface area contributed by atoms with Crippen LogP contribution < -0.4 is 0 Å². The zero-order valence-electron chi connectivity index (χ0n) is 23.0. The molecule has 10 heteroatoms. The molecule has 1 fully saturated rings. The van der Waals surface area contributed by atoms with E-state index in [4.69, 9.17) is 13.8 Å². The van der Waals surface area contributed by atoms with Crippen LogP contribution >= 0.6 is 7.82 Å². The molecule has 0 aromatic carbocycles. The fourth-order valence-electron chi connectivity index (χ4n) is 4.62. The number of rotatable bonds is 19. The van der Waals surface area contributed by atoms with Gasteiger partial charge >= 0.3 is 7.82 Å². The van der Waals surface area contributed by atoms with Gasteiger partial charge in [-0.15, -0.1) is 0 Å². The number of phosphoric acid groups is 1. The third-order valence-electron chi connectivity index (χ3n) is 7.22. The Morgan fingerprint density at radius 3 is 1.69 bits per heavy atom. The quantitative estimate of drug-likeness (QED) is 0.151. The molecule has 1 saturated heterocycles. The lowest BCUT2D eigenvalue weighted by atomic mass is 9.91. The third kappa shape index (κ3) is 13.6. The second-order valence-corrected chi connectivity index (χ2v) is 12.8. The minimum Gasteiger partial charge on any atom is -0.394 e. The first-order valence-corrected chi connectivity index (χ1v) is 15.3. The molecule has 9 atom stereocenters. The highest BCUT2D eigenvalue weighted by Gasteiger charge is 2.46. The van der Waals surface area contributed by atoms with Crippen molar-refractivity contribution in [2.24, 2.45) is 23.7 Å². The van der Waals surface area contributed by atoms with Crippen molar-refractivity contribution in [3.05, 3.63) is 0 Å². The van der Waals surface area contributed by atoms with Crippen LogP contribution in [0.25, 0.3) is 0 Å². The highest BCUT2D eigenvalue weighted by molar-refractivity contribution is 7.47. The van der Waals surface area contributed by atoms with Crippen LogP contribution in [0.2, 0.25) is 0 Å². The first-order chi connectivity index (χ1) is 16.9. The van der Waals surface area contributed by atoms with Crippen LogP contribution in [-0.4, -0.2) is 69.2 Å². The summed E-state index contributed by atoms with van der Waals surface area (Å²) in [6, 6.07) is 0. The highest BCUT2D eigenvalue weighted by atomic mass is 31.2. The van der Waals surface area contributed by atoms with E-state index in [1.807, 2.05) is 0 Å². The molecule has 9 nitrogen and oxygen atoms in total. The fraction of sp³-hybridized carbons (Fsp3) is 1.00. The molecule has 5 N–H and O–H groups in total.